The van der Waals surface area contributed by atoms with Gasteiger partial charge in [-0.25, -0.2) is 0 Å². The van der Waals surface area contributed by atoms with Gasteiger partial charge in [0.15, 0.2) is 0 Å². The lowest BCUT2D eigenvalue weighted by Crippen LogP contribution is -2.35. The van der Waals surface area contributed by atoms with Crippen LogP contribution in [0.15, 0.2) is 18.2 Å². The van der Waals surface area contributed by atoms with Crippen LogP contribution in [-0.2, 0) is 4.79 Å². The number of benzene rings is 1. The van der Waals surface area contributed by atoms with Gasteiger partial charge in [-0.15, -0.1) is 0 Å². The van der Waals surface area contributed by atoms with E-state index in [1.807, 2.05) is 13.8 Å². The van der Waals surface area contributed by atoms with E-state index in [1.54, 1.807) is 19.1 Å². The number of para-hydroxylation sites is 1. The predicted octanol–water partition coefficient (Wildman–Crippen LogP) is 1.84. The summed E-state index contributed by atoms with van der Waals surface area (Å²) in [5.41, 5.74) is 1.11. The van der Waals surface area contributed by atoms with Crippen molar-refractivity contribution in [2.24, 2.45) is 0 Å². The molecular formula is C12H17N3O3. The molecule has 1 amide bonds. The minimum Gasteiger partial charge on any atom is -0.370 e. The average Bonchev–Trinajstić information content (AvgIpc) is 2.25. The van der Waals surface area contributed by atoms with Crippen molar-refractivity contribution in [2.45, 2.75) is 26.8 Å². The molecule has 0 aliphatic carbocycles. The van der Waals surface area contributed by atoms with Crippen molar-refractivity contribution in [1.82, 2.24) is 5.32 Å². The number of nitrogens with one attached hydrogen (secondary N) is 2. The molecule has 0 aliphatic heterocycles. The second-order valence-corrected chi connectivity index (χ2v) is 4.30. The van der Waals surface area contributed by atoms with Crippen LogP contribution >= 0.6 is 0 Å². The molecule has 1 aromatic rings. The molecule has 0 bridgehead atoms. The van der Waals surface area contributed by atoms with Gasteiger partial charge >= 0.3 is 0 Å². The van der Waals surface area contributed by atoms with Crippen LogP contribution in [-0.4, -0.2) is 23.4 Å². The average molecular weight is 251 g/mol. The molecule has 0 radical (unpaired) electrons. The number of hydrogen-bond donors (Lipinski definition) is 2. The van der Waals surface area contributed by atoms with Gasteiger partial charge < -0.3 is 10.6 Å². The van der Waals surface area contributed by atoms with E-state index in [0.717, 1.165) is 5.56 Å². The summed E-state index contributed by atoms with van der Waals surface area (Å²) in [4.78, 5) is 21.9. The number of carbonyl (C=O) groups excluding carboxylic acids is 1. The van der Waals surface area contributed by atoms with Gasteiger partial charge in [0.1, 0.15) is 5.69 Å². The minimum absolute atomic E-state index is 0.0177. The first-order valence-corrected chi connectivity index (χ1v) is 5.69. The van der Waals surface area contributed by atoms with Gasteiger partial charge in [0.25, 0.3) is 5.69 Å². The number of anilines is 1. The highest BCUT2D eigenvalue weighted by Crippen LogP contribution is 2.27. The van der Waals surface area contributed by atoms with Crippen LogP contribution in [0.3, 0.4) is 0 Å². The predicted molar refractivity (Wildman–Crippen MR) is 69.6 cm³/mol. The molecule has 0 heterocycles. The molecule has 6 nitrogen and oxygen atoms in total. The molecule has 1 aromatic carbocycles. The van der Waals surface area contributed by atoms with Gasteiger partial charge in [-0.2, -0.15) is 0 Å². The molecule has 0 unspecified atom stereocenters. The second-order valence-electron chi connectivity index (χ2n) is 4.30. The van der Waals surface area contributed by atoms with Crippen LogP contribution in [0.5, 0.6) is 0 Å². The van der Waals surface area contributed by atoms with Gasteiger partial charge in [-0.3, -0.25) is 14.9 Å². The SMILES string of the molecule is Cc1cccc([N+](=O)[O-])c1NCC(=O)NC(C)C. The largest absolute Gasteiger partial charge is 0.370 e. The molecule has 0 aromatic heterocycles. The summed E-state index contributed by atoms with van der Waals surface area (Å²) in [5.74, 6) is -0.192. The smallest absolute Gasteiger partial charge is 0.292 e. The summed E-state index contributed by atoms with van der Waals surface area (Å²) >= 11 is 0. The maximum atomic E-state index is 11.5. The summed E-state index contributed by atoms with van der Waals surface area (Å²) in [6.45, 7) is 5.49. The van der Waals surface area contributed by atoms with Crippen molar-refractivity contribution < 1.29 is 9.72 Å². The molecule has 0 spiro atoms. The molecule has 2 N–H and O–H groups in total. The molecule has 98 valence electrons. The Hall–Kier alpha value is -2.11. The van der Waals surface area contributed by atoms with Gasteiger partial charge in [-0.05, 0) is 26.3 Å². The zero-order valence-corrected chi connectivity index (χ0v) is 10.7. The monoisotopic (exact) mass is 251 g/mol. The Morgan fingerprint density at radius 2 is 2.11 bits per heavy atom. The van der Waals surface area contributed by atoms with Crippen molar-refractivity contribution in [3.63, 3.8) is 0 Å². The zero-order chi connectivity index (χ0) is 13.7. The number of amides is 1. The summed E-state index contributed by atoms with van der Waals surface area (Å²) in [5, 5.41) is 16.4. The highest BCUT2D eigenvalue weighted by Gasteiger charge is 2.15. The maximum absolute atomic E-state index is 11.5. The number of nitro groups is 1. The Bertz CT molecular complexity index is 458. The Morgan fingerprint density at radius 3 is 2.67 bits per heavy atom. The third-order valence-corrected chi connectivity index (χ3v) is 2.32. The zero-order valence-electron chi connectivity index (χ0n) is 10.7. The van der Waals surface area contributed by atoms with Crippen LogP contribution in [0, 0.1) is 17.0 Å². The highest BCUT2D eigenvalue weighted by atomic mass is 16.6. The van der Waals surface area contributed by atoms with Crippen molar-refractivity contribution in [3.05, 3.63) is 33.9 Å². The van der Waals surface area contributed by atoms with Crippen LogP contribution in [0.1, 0.15) is 19.4 Å². The first-order chi connectivity index (χ1) is 8.41. The topological polar surface area (TPSA) is 84.3 Å². The van der Waals surface area contributed by atoms with Crippen molar-refractivity contribution in [3.8, 4) is 0 Å². The Labute approximate surface area is 106 Å². The standard InChI is InChI=1S/C12H17N3O3/c1-8(2)14-11(16)7-13-12-9(3)5-4-6-10(12)15(17)18/h4-6,8,13H,7H2,1-3H3,(H,14,16). The molecule has 18 heavy (non-hydrogen) atoms. The summed E-state index contributed by atoms with van der Waals surface area (Å²) in [6.07, 6.45) is 0. The molecule has 0 aliphatic rings. The van der Waals surface area contributed by atoms with E-state index < -0.39 is 4.92 Å². The lowest BCUT2D eigenvalue weighted by atomic mass is 10.1. The van der Waals surface area contributed by atoms with Gasteiger partial charge in [0.05, 0.1) is 11.5 Å². The van der Waals surface area contributed by atoms with Crippen LogP contribution in [0.4, 0.5) is 11.4 Å². The molecule has 0 atom stereocenters. The van der Waals surface area contributed by atoms with E-state index >= 15 is 0 Å². The fourth-order valence-corrected chi connectivity index (χ4v) is 1.58. The molecule has 0 saturated heterocycles. The molecule has 1 rings (SSSR count). The van der Waals surface area contributed by atoms with Crippen molar-refractivity contribution in [1.29, 1.82) is 0 Å². The maximum Gasteiger partial charge on any atom is 0.292 e. The van der Waals surface area contributed by atoms with E-state index in [2.05, 4.69) is 10.6 Å². The first-order valence-electron chi connectivity index (χ1n) is 5.69. The molecular weight excluding hydrogens is 234 g/mol. The van der Waals surface area contributed by atoms with Gasteiger partial charge in [0.2, 0.25) is 5.91 Å². The molecule has 0 fully saturated rings. The Morgan fingerprint density at radius 1 is 1.44 bits per heavy atom. The number of nitro benzene ring substituents is 1. The third kappa shape index (κ3) is 3.73. The van der Waals surface area contributed by atoms with Gasteiger partial charge in [0, 0.05) is 12.1 Å². The summed E-state index contributed by atoms with van der Waals surface area (Å²) in [6, 6.07) is 4.84. The third-order valence-electron chi connectivity index (χ3n) is 2.32. The number of hydrogen-bond acceptors (Lipinski definition) is 4. The van der Waals surface area contributed by atoms with E-state index in [4.69, 9.17) is 0 Å². The fourth-order valence-electron chi connectivity index (χ4n) is 1.58. The van der Waals surface area contributed by atoms with Crippen molar-refractivity contribution >= 4 is 17.3 Å². The number of nitrogens with zero attached hydrogens (tertiary/aromatic N) is 1. The summed E-state index contributed by atoms with van der Waals surface area (Å²) in [7, 11) is 0. The normalized spacial score (nSPS) is 10.2. The van der Waals surface area contributed by atoms with E-state index in [9.17, 15) is 14.9 Å². The minimum atomic E-state index is -0.463. The number of rotatable bonds is 5. The fraction of sp³-hybridized carbons (Fsp3) is 0.417. The van der Waals surface area contributed by atoms with Crippen molar-refractivity contribution in [2.75, 3.05) is 11.9 Å². The van der Waals surface area contributed by atoms with Crippen LogP contribution in [0.2, 0.25) is 0 Å². The molecule has 0 saturated carbocycles. The van der Waals surface area contributed by atoms with E-state index in [0.29, 0.717) is 5.69 Å². The summed E-state index contributed by atoms with van der Waals surface area (Å²) < 4.78 is 0. The Balaban J connectivity index is 2.78. The van der Waals surface area contributed by atoms with Crippen LogP contribution < -0.4 is 10.6 Å². The first kappa shape index (κ1) is 14.0. The van der Waals surface area contributed by atoms with Crippen LogP contribution in [0.25, 0.3) is 0 Å². The van der Waals surface area contributed by atoms with Gasteiger partial charge in [-0.1, -0.05) is 12.1 Å². The quantitative estimate of drug-likeness (QED) is 0.617. The Kier molecular flexibility index (Phi) is 4.65. The molecule has 6 heteroatoms. The van der Waals surface area contributed by atoms with E-state index in [-0.39, 0.29) is 24.2 Å². The van der Waals surface area contributed by atoms with E-state index in [1.165, 1.54) is 6.07 Å². The second kappa shape index (κ2) is 6.00. The number of aryl methyl sites for hydroxylation is 1. The lowest BCUT2D eigenvalue weighted by Gasteiger charge is -2.11. The lowest BCUT2D eigenvalue weighted by molar-refractivity contribution is -0.384. The number of carbonyl (C=O) groups is 1. The highest BCUT2D eigenvalue weighted by molar-refractivity contribution is 5.82.